The first-order valence-corrected chi connectivity index (χ1v) is 10.6. The quantitative estimate of drug-likeness (QED) is 0.776. The van der Waals surface area contributed by atoms with Gasteiger partial charge in [0.25, 0.3) is 0 Å². The van der Waals surface area contributed by atoms with Crippen LogP contribution in [-0.4, -0.2) is 56.9 Å². The van der Waals surface area contributed by atoms with E-state index < -0.39 is 10.0 Å². The summed E-state index contributed by atoms with van der Waals surface area (Å²) in [6.45, 7) is 3.57. The van der Waals surface area contributed by atoms with E-state index in [2.05, 4.69) is 17.5 Å². The number of sulfonamides is 1. The third kappa shape index (κ3) is 4.56. The third-order valence-electron chi connectivity index (χ3n) is 5.48. The van der Waals surface area contributed by atoms with Gasteiger partial charge >= 0.3 is 0 Å². The molecule has 0 amide bonds. The van der Waals surface area contributed by atoms with Gasteiger partial charge in [0.1, 0.15) is 0 Å². The molecule has 0 aromatic heterocycles. The molecule has 5 nitrogen and oxygen atoms in total. The predicted molar refractivity (Wildman–Crippen MR) is 91.8 cm³/mol. The molecule has 1 aliphatic carbocycles. The van der Waals surface area contributed by atoms with Crippen molar-refractivity contribution in [1.29, 1.82) is 0 Å². The zero-order valence-corrected chi connectivity index (χ0v) is 14.8. The molecule has 6 heteroatoms. The van der Waals surface area contributed by atoms with Gasteiger partial charge in [-0.3, -0.25) is 0 Å². The second kappa shape index (κ2) is 8.10. The van der Waals surface area contributed by atoms with Crippen LogP contribution in [0.2, 0.25) is 0 Å². The summed E-state index contributed by atoms with van der Waals surface area (Å²) in [4.78, 5) is 0. The number of hydrogen-bond acceptors (Lipinski definition) is 4. The summed E-state index contributed by atoms with van der Waals surface area (Å²) >= 11 is 0. The lowest BCUT2D eigenvalue weighted by molar-refractivity contribution is 0.0968. The van der Waals surface area contributed by atoms with Gasteiger partial charge in [0.05, 0.1) is 5.25 Å². The molecular weight excluding hydrogens is 312 g/mol. The zero-order chi connectivity index (χ0) is 16.1. The van der Waals surface area contributed by atoms with Crippen molar-refractivity contribution in [1.82, 2.24) is 9.62 Å². The number of hydrogen-bond donors (Lipinski definition) is 1. The number of ether oxygens (including phenoxy) is 1. The Balaban J connectivity index is 1.43. The third-order valence-corrected chi connectivity index (χ3v) is 7.88. The molecule has 0 aromatic carbocycles. The number of piperidine rings is 1. The van der Waals surface area contributed by atoms with E-state index in [-0.39, 0.29) is 5.25 Å². The van der Waals surface area contributed by atoms with Crippen molar-refractivity contribution in [2.24, 2.45) is 5.92 Å². The second-order valence-corrected chi connectivity index (χ2v) is 9.30. The Morgan fingerprint density at radius 1 is 1.04 bits per heavy atom. The monoisotopic (exact) mass is 342 g/mol. The standard InChI is InChI=1S/C17H30N2O3S/c20-23(21,17-8-12-22-13-9-17)19-10-6-16(7-11-19)18-14-15-4-2-1-3-5-15/h1-2,15-18H,3-14H2. The lowest BCUT2D eigenvalue weighted by Crippen LogP contribution is -2.49. The van der Waals surface area contributed by atoms with Crippen LogP contribution in [0.1, 0.15) is 44.9 Å². The molecule has 3 aliphatic rings. The maximum absolute atomic E-state index is 12.7. The van der Waals surface area contributed by atoms with Crippen molar-refractivity contribution in [3.63, 3.8) is 0 Å². The van der Waals surface area contributed by atoms with E-state index in [0.717, 1.165) is 25.3 Å². The summed E-state index contributed by atoms with van der Waals surface area (Å²) in [5.74, 6) is 0.754. The zero-order valence-electron chi connectivity index (χ0n) is 14.0. The average Bonchev–Trinajstić information content (AvgIpc) is 2.62. The van der Waals surface area contributed by atoms with Gasteiger partial charge in [-0.1, -0.05) is 12.2 Å². The second-order valence-electron chi connectivity index (χ2n) is 7.09. The first-order chi connectivity index (χ1) is 11.2. The van der Waals surface area contributed by atoms with E-state index in [9.17, 15) is 8.42 Å². The van der Waals surface area contributed by atoms with E-state index in [4.69, 9.17) is 4.74 Å². The number of rotatable bonds is 5. The molecule has 23 heavy (non-hydrogen) atoms. The Morgan fingerprint density at radius 3 is 2.43 bits per heavy atom. The van der Waals surface area contributed by atoms with Crippen LogP contribution in [0.4, 0.5) is 0 Å². The van der Waals surface area contributed by atoms with Gasteiger partial charge in [-0.2, -0.15) is 0 Å². The van der Waals surface area contributed by atoms with Crippen molar-refractivity contribution in [3.05, 3.63) is 12.2 Å². The molecule has 0 aromatic rings. The van der Waals surface area contributed by atoms with Crippen LogP contribution < -0.4 is 5.32 Å². The minimum absolute atomic E-state index is 0.227. The van der Waals surface area contributed by atoms with Crippen LogP contribution in [-0.2, 0) is 14.8 Å². The first-order valence-electron chi connectivity index (χ1n) is 9.11. The minimum Gasteiger partial charge on any atom is -0.381 e. The molecule has 2 aliphatic heterocycles. The number of allylic oxidation sites excluding steroid dienone is 2. The fourth-order valence-electron chi connectivity index (χ4n) is 3.87. The summed E-state index contributed by atoms with van der Waals surface area (Å²) in [7, 11) is -3.13. The van der Waals surface area contributed by atoms with E-state index in [0.29, 0.717) is 45.2 Å². The largest absolute Gasteiger partial charge is 0.381 e. The summed E-state index contributed by atoms with van der Waals surface area (Å²) in [6.07, 6.45) is 11.4. The first kappa shape index (κ1) is 17.4. The van der Waals surface area contributed by atoms with Crippen LogP contribution in [0.15, 0.2) is 12.2 Å². The van der Waals surface area contributed by atoms with Gasteiger partial charge in [0.2, 0.25) is 10.0 Å². The summed E-state index contributed by atoms with van der Waals surface area (Å²) < 4.78 is 32.4. The average molecular weight is 343 g/mol. The van der Waals surface area contributed by atoms with E-state index in [1.807, 2.05) is 0 Å². The minimum atomic E-state index is -3.13. The Kier molecular flexibility index (Phi) is 6.13. The highest BCUT2D eigenvalue weighted by Gasteiger charge is 2.35. The van der Waals surface area contributed by atoms with Crippen molar-refractivity contribution in [2.75, 3.05) is 32.8 Å². The molecule has 1 atom stereocenters. The van der Waals surface area contributed by atoms with E-state index in [1.165, 1.54) is 19.3 Å². The van der Waals surface area contributed by atoms with Crippen molar-refractivity contribution >= 4 is 10.0 Å². The fraction of sp³-hybridized carbons (Fsp3) is 0.882. The molecule has 0 bridgehead atoms. The van der Waals surface area contributed by atoms with Crippen LogP contribution in [0.3, 0.4) is 0 Å². The van der Waals surface area contributed by atoms with Crippen molar-refractivity contribution in [3.8, 4) is 0 Å². The highest BCUT2D eigenvalue weighted by molar-refractivity contribution is 7.89. The lowest BCUT2D eigenvalue weighted by atomic mass is 9.94. The molecule has 2 heterocycles. The molecule has 0 saturated carbocycles. The van der Waals surface area contributed by atoms with Gasteiger partial charge < -0.3 is 10.1 Å². The lowest BCUT2D eigenvalue weighted by Gasteiger charge is -2.35. The number of nitrogens with one attached hydrogen (secondary N) is 1. The summed E-state index contributed by atoms with van der Waals surface area (Å²) in [5, 5.41) is 3.44. The van der Waals surface area contributed by atoms with Crippen LogP contribution in [0, 0.1) is 5.92 Å². The van der Waals surface area contributed by atoms with Gasteiger partial charge in [-0.15, -0.1) is 0 Å². The predicted octanol–water partition coefficient (Wildman–Crippen LogP) is 1.91. The van der Waals surface area contributed by atoms with Gasteiger partial charge in [-0.25, -0.2) is 12.7 Å². The van der Waals surface area contributed by atoms with E-state index >= 15 is 0 Å². The molecule has 1 unspecified atom stereocenters. The maximum atomic E-state index is 12.7. The van der Waals surface area contributed by atoms with Crippen LogP contribution in [0.5, 0.6) is 0 Å². The number of nitrogens with zero attached hydrogens (tertiary/aromatic N) is 1. The maximum Gasteiger partial charge on any atom is 0.217 e. The van der Waals surface area contributed by atoms with Crippen molar-refractivity contribution in [2.45, 2.75) is 56.2 Å². The highest BCUT2D eigenvalue weighted by atomic mass is 32.2. The summed E-state index contributed by atoms with van der Waals surface area (Å²) in [6, 6.07) is 0.474. The Bertz CT molecular complexity index is 492. The molecule has 1 N–H and O–H groups in total. The Hall–Kier alpha value is -0.430. The van der Waals surface area contributed by atoms with Crippen LogP contribution in [0.25, 0.3) is 0 Å². The topological polar surface area (TPSA) is 58.6 Å². The summed E-state index contributed by atoms with van der Waals surface area (Å²) in [5.41, 5.74) is 0. The normalized spacial score (nSPS) is 29.0. The smallest absolute Gasteiger partial charge is 0.217 e. The fourth-order valence-corrected chi connectivity index (χ4v) is 5.80. The molecule has 0 spiro atoms. The Labute approximate surface area is 140 Å². The molecule has 132 valence electrons. The Morgan fingerprint density at radius 2 is 1.78 bits per heavy atom. The molecule has 2 saturated heterocycles. The van der Waals surface area contributed by atoms with Crippen LogP contribution >= 0.6 is 0 Å². The molecule has 2 fully saturated rings. The van der Waals surface area contributed by atoms with Crippen molar-refractivity contribution < 1.29 is 13.2 Å². The van der Waals surface area contributed by atoms with E-state index in [1.54, 1.807) is 4.31 Å². The van der Waals surface area contributed by atoms with Gasteiger partial charge in [0.15, 0.2) is 0 Å². The van der Waals surface area contributed by atoms with Gasteiger partial charge in [0, 0.05) is 32.3 Å². The molecule has 0 radical (unpaired) electrons. The molecule has 3 rings (SSSR count). The molecular formula is C17H30N2O3S. The highest BCUT2D eigenvalue weighted by Crippen LogP contribution is 2.24. The SMILES string of the molecule is O=S(=O)(C1CCOCC1)N1CCC(NCC2CC=CCC2)CC1. The van der Waals surface area contributed by atoms with Gasteiger partial charge in [-0.05, 0) is 57.4 Å².